The number of hydrogen-bond donors (Lipinski definition) is 2. The number of nitrogens with one attached hydrogen (secondary N) is 2. The molecule has 2 amide bonds. The van der Waals surface area contributed by atoms with E-state index in [1.807, 2.05) is 42.5 Å². The molecule has 0 aliphatic heterocycles. The summed E-state index contributed by atoms with van der Waals surface area (Å²) in [5.41, 5.74) is 3.40. The molecule has 5 heteroatoms. The summed E-state index contributed by atoms with van der Waals surface area (Å²) in [6, 6.07) is 16.6. The summed E-state index contributed by atoms with van der Waals surface area (Å²) >= 11 is 0. The van der Waals surface area contributed by atoms with Crippen LogP contribution in [0.15, 0.2) is 54.6 Å². The smallest absolute Gasteiger partial charge is 0.328 e. The molecule has 26 heavy (non-hydrogen) atoms. The molecule has 2 aromatic rings. The molecule has 2 N–H and O–H groups in total. The lowest BCUT2D eigenvalue weighted by atomic mass is 9.88. The van der Waals surface area contributed by atoms with Gasteiger partial charge in [0.15, 0.2) is 0 Å². The molecule has 0 saturated carbocycles. The molecule has 0 radical (unpaired) electrons. The van der Waals surface area contributed by atoms with Crippen molar-refractivity contribution in [2.24, 2.45) is 0 Å². The molecular weight excluding hydrogens is 328 g/mol. The lowest BCUT2D eigenvalue weighted by Gasteiger charge is -2.27. The van der Waals surface area contributed by atoms with Gasteiger partial charge in [0, 0.05) is 6.42 Å². The van der Waals surface area contributed by atoms with Crippen LogP contribution in [0.4, 0.5) is 4.79 Å². The van der Waals surface area contributed by atoms with Crippen molar-refractivity contribution in [1.29, 1.82) is 0 Å². The van der Waals surface area contributed by atoms with Crippen LogP contribution in [0, 0.1) is 0 Å². The molecule has 3 rings (SSSR count). The highest BCUT2D eigenvalue weighted by Gasteiger charge is 2.25. The van der Waals surface area contributed by atoms with Crippen molar-refractivity contribution >= 4 is 12.0 Å². The predicted octanol–water partition coefficient (Wildman–Crippen LogP) is 3.15. The SMILES string of the molecule is COC(=O)[C@H](Cc1ccccc1)NC(=O)N[C@@H]1CCCc2ccccc21. The van der Waals surface area contributed by atoms with E-state index in [4.69, 9.17) is 4.74 Å². The molecule has 1 aliphatic rings. The maximum Gasteiger partial charge on any atom is 0.328 e. The second-order valence-electron chi connectivity index (χ2n) is 6.53. The number of aryl methyl sites for hydroxylation is 1. The van der Waals surface area contributed by atoms with E-state index in [-0.39, 0.29) is 12.1 Å². The minimum absolute atomic E-state index is 0.0324. The Hall–Kier alpha value is -2.82. The molecule has 0 spiro atoms. The Morgan fingerprint density at radius 1 is 1.12 bits per heavy atom. The Labute approximate surface area is 153 Å². The van der Waals surface area contributed by atoms with E-state index in [0.29, 0.717) is 6.42 Å². The van der Waals surface area contributed by atoms with E-state index in [2.05, 4.69) is 22.8 Å². The number of methoxy groups -OCH3 is 1. The fraction of sp³-hybridized carbons (Fsp3) is 0.333. The van der Waals surface area contributed by atoms with Crippen LogP contribution < -0.4 is 10.6 Å². The fourth-order valence-electron chi connectivity index (χ4n) is 3.45. The quantitative estimate of drug-likeness (QED) is 0.813. The Kier molecular flexibility index (Phi) is 5.89. The predicted molar refractivity (Wildman–Crippen MR) is 99.7 cm³/mol. The normalized spacial score (nSPS) is 16.9. The largest absolute Gasteiger partial charge is 0.467 e. The summed E-state index contributed by atoms with van der Waals surface area (Å²) < 4.78 is 4.85. The van der Waals surface area contributed by atoms with Gasteiger partial charge in [-0.3, -0.25) is 0 Å². The van der Waals surface area contributed by atoms with Crippen LogP contribution in [-0.4, -0.2) is 25.2 Å². The summed E-state index contributed by atoms with van der Waals surface area (Å²) in [7, 11) is 1.33. The fourth-order valence-corrected chi connectivity index (χ4v) is 3.45. The number of carbonyl (C=O) groups is 2. The molecule has 1 aliphatic carbocycles. The third-order valence-electron chi connectivity index (χ3n) is 4.75. The summed E-state index contributed by atoms with van der Waals surface area (Å²) in [6.07, 6.45) is 3.36. The number of benzene rings is 2. The first-order chi connectivity index (χ1) is 12.7. The van der Waals surface area contributed by atoms with Gasteiger partial charge in [-0.15, -0.1) is 0 Å². The standard InChI is InChI=1S/C21H24N2O3/c1-26-20(24)19(14-15-8-3-2-4-9-15)23-21(25)22-18-13-7-11-16-10-5-6-12-17(16)18/h2-6,8-10,12,18-19H,7,11,13-14H2,1H3,(H2,22,23,25)/t18-,19+/m1/s1. The minimum atomic E-state index is -0.721. The Balaban J connectivity index is 1.66. The molecule has 136 valence electrons. The van der Waals surface area contributed by atoms with Gasteiger partial charge in [-0.25, -0.2) is 9.59 Å². The second kappa shape index (κ2) is 8.52. The van der Waals surface area contributed by atoms with Gasteiger partial charge in [-0.2, -0.15) is 0 Å². The van der Waals surface area contributed by atoms with Crippen molar-refractivity contribution in [2.75, 3.05) is 7.11 Å². The Morgan fingerprint density at radius 3 is 2.62 bits per heavy atom. The van der Waals surface area contributed by atoms with Gasteiger partial charge in [0.25, 0.3) is 0 Å². The van der Waals surface area contributed by atoms with Crippen LogP contribution in [-0.2, 0) is 22.4 Å². The van der Waals surface area contributed by atoms with Gasteiger partial charge >= 0.3 is 12.0 Å². The minimum Gasteiger partial charge on any atom is -0.467 e. The Morgan fingerprint density at radius 2 is 1.85 bits per heavy atom. The zero-order valence-corrected chi connectivity index (χ0v) is 14.9. The molecule has 0 aromatic heterocycles. The van der Waals surface area contributed by atoms with E-state index in [1.165, 1.54) is 12.7 Å². The molecular formula is C21H24N2O3. The first kappa shape index (κ1) is 18.0. The van der Waals surface area contributed by atoms with Crippen molar-refractivity contribution in [3.05, 3.63) is 71.3 Å². The first-order valence-electron chi connectivity index (χ1n) is 8.94. The number of hydrogen-bond acceptors (Lipinski definition) is 3. The molecule has 0 saturated heterocycles. The maximum atomic E-state index is 12.5. The number of carbonyl (C=O) groups excluding carboxylic acids is 2. The molecule has 0 bridgehead atoms. The lowest BCUT2D eigenvalue weighted by molar-refractivity contribution is -0.142. The monoisotopic (exact) mass is 352 g/mol. The van der Waals surface area contributed by atoms with Gasteiger partial charge in [-0.1, -0.05) is 54.6 Å². The average Bonchev–Trinajstić information content (AvgIpc) is 2.68. The highest BCUT2D eigenvalue weighted by molar-refractivity contribution is 5.84. The topological polar surface area (TPSA) is 67.4 Å². The van der Waals surface area contributed by atoms with Crippen LogP contribution in [0.25, 0.3) is 0 Å². The van der Waals surface area contributed by atoms with Crippen LogP contribution >= 0.6 is 0 Å². The van der Waals surface area contributed by atoms with Gasteiger partial charge in [-0.05, 0) is 36.0 Å². The first-order valence-corrected chi connectivity index (χ1v) is 8.94. The van der Waals surface area contributed by atoms with Gasteiger partial charge in [0.2, 0.25) is 0 Å². The van der Waals surface area contributed by atoms with Crippen LogP contribution in [0.1, 0.15) is 35.6 Å². The maximum absolute atomic E-state index is 12.5. The zero-order valence-electron chi connectivity index (χ0n) is 14.9. The van der Waals surface area contributed by atoms with Crippen molar-refractivity contribution in [1.82, 2.24) is 10.6 Å². The summed E-state index contributed by atoms with van der Waals surface area (Å²) in [6.45, 7) is 0. The van der Waals surface area contributed by atoms with Gasteiger partial charge in [0.1, 0.15) is 6.04 Å². The van der Waals surface area contributed by atoms with E-state index in [0.717, 1.165) is 30.4 Å². The Bertz CT molecular complexity index is 761. The van der Waals surface area contributed by atoms with Gasteiger partial charge in [0.05, 0.1) is 13.2 Å². The molecule has 0 fully saturated rings. The number of esters is 1. The summed E-state index contributed by atoms with van der Waals surface area (Å²) in [4.78, 5) is 24.6. The number of fused-ring (bicyclic) bond motifs is 1. The van der Waals surface area contributed by atoms with Crippen molar-refractivity contribution < 1.29 is 14.3 Å². The second-order valence-corrected chi connectivity index (χ2v) is 6.53. The lowest BCUT2D eigenvalue weighted by Crippen LogP contribution is -2.48. The highest BCUT2D eigenvalue weighted by Crippen LogP contribution is 2.29. The number of amides is 2. The van der Waals surface area contributed by atoms with E-state index >= 15 is 0 Å². The molecule has 0 unspecified atom stereocenters. The molecule has 2 atom stereocenters. The molecule has 0 heterocycles. The van der Waals surface area contributed by atoms with E-state index < -0.39 is 12.0 Å². The van der Waals surface area contributed by atoms with Crippen molar-refractivity contribution in [3.63, 3.8) is 0 Å². The summed E-state index contributed by atoms with van der Waals surface area (Å²) in [5, 5.41) is 5.78. The number of ether oxygens (including phenoxy) is 1. The zero-order chi connectivity index (χ0) is 18.4. The summed E-state index contributed by atoms with van der Waals surface area (Å²) in [5.74, 6) is -0.451. The van der Waals surface area contributed by atoms with Crippen molar-refractivity contribution in [2.45, 2.75) is 37.8 Å². The number of urea groups is 1. The van der Waals surface area contributed by atoms with E-state index in [9.17, 15) is 9.59 Å². The highest BCUT2D eigenvalue weighted by atomic mass is 16.5. The van der Waals surface area contributed by atoms with Crippen LogP contribution in [0.3, 0.4) is 0 Å². The van der Waals surface area contributed by atoms with Crippen LogP contribution in [0.2, 0.25) is 0 Å². The van der Waals surface area contributed by atoms with Gasteiger partial charge < -0.3 is 15.4 Å². The van der Waals surface area contributed by atoms with E-state index in [1.54, 1.807) is 0 Å². The molecule has 2 aromatic carbocycles. The average molecular weight is 352 g/mol. The van der Waals surface area contributed by atoms with Crippen molar-refractivity contribution in [3.8, 4) is 0 Å². The number of rotatable bonds is 5. The van der Waals surface area contributed by atoms with Crippen LogP contribution in [0.5, 0.6) is 0 Å². The third kappa shape index (κ3) is 4.42. The molecule has 5 nitrogen and oxygen atoms in total. The third-order valence-corrected chi connectivity index (χ3v) is 4.75.